The lowest BCUT2D eigenvalue weighted by molar-refractivity contribution is 0.912. The fraction of sp³-hybridized carbons (Fsp3) is 0.294. The molecule has 4 heteroatoms. The Balaban J connectivity index is 1.89. The maximum atomic E-state index is 4.70. The number of aromatic nitrogens is 3. The van der Waals surface area contributed by atoms with Crippen LogP contribution in [-0.4, -0.2) is 14.4 Å². The molecule has 0 fully saturated rings. The van der Waals surface area contributed by atoms with E-state index in [0.717, 1.165) is 27.3 Å². The molecule has 0 amide bonds. The second-order valence-electron chi connectivity index (χ2n) is 5.73. The number of imidazole rings is 1. The first-order valence-corrected chi connectivity index (χ1v) is 8.07. The summed E-state index contributed by atoms with van der Waals surface area (Å²) in [6.45, 7) is 4.08. The van der Waals surface area contributed by atoms with E-state index in [1.165, 1.54) is 36.0 Å². The molecule has 3 nitrogen and oxygen atoms in total. The van der Waals surface area contributed by atoms with E-state index in [2.05, 4.69) is 56.6 Å². The molecular formula is C17H16BrN3. The van der Waals surface area contributed by atoms with Crippen LogP contribution in [0.4, 0.5) is 0 Å². The van der Waals surface area contributed by atoms with Crippen LogP contribution in [0.5, 0.6) is 0 Å². The van der Waals surface area contributed by atoms with Gasteiger partial charge in [-0.15, -0.1) is 0 Å². The zero-order valence-corrected chi connectivity index (χ0v) is 13.7. The fourth-order valence-corrected chi connectivity index (χ4v) is 3.41. The van der Waals surface area contributed by atoms with Crippen molar-refractivity contribution in [2.75, 3.05) is 0 Å². The summed E-state index contributed by atoms with van der Waals surface area (Å²) in [5.41, 5.74) is 7.28. The number of halogens is 1. The molecular weight excluding hydrogens is 326 g/mol. The third kappa shape index (κ3) is 2.01. The molecule has 106 valence electrons. The molecule has 0 N–H and O–H groups in total. The Morgan fingerprint density at radius 3 is 2.76 bits per heavy atom. The monoisotopic (exact) mass is 341 g/mol. The molecule has 3 aromatic rings. The van der Waals surface area contributed by atoms with Crippen LogP contribution in [0.15, 0.2) is 28.9 Å². The molecule has 0 aliphatic heterocycles. The minimum atomic E-state index is 0.767. The maximum absolute atomic E-state index is 4.70. The Morgan fingerprint density at radius 2 is 1.90 bits per heavy atom. The van der Waals surface area contributed by atoms with E-state index in [0.29, 0.717) is 0 Å². The van der Waals surface area contributed by atoms with Gasteiger partial charge < -0.3 is 0 Å². The molecule has 0 bridgehead atoms. The first-order chi connectivity index (χ1) is 10.1. The number of benzene rings is 1. The molecule has 4 rings (SSSR count). The first kappa shape index (κ1) is 13.0. The molecule has 0 unspecified atom stereocenters. The second kappa shape index (κ2) is 4.67. The van der Waals surface area contributed by atoms with Crippen molar-refractivity contribution in [1.29, 1.82) is 0 Å². The van der Waals surface area contributed by atoms with Crippen LogP contribution in [0, 0.1) is 13.8 Å². The van der Waals surface area contributed by atoms with Crippen molar-refractivity contribution in [2.24, 2.45) is 0 Å². The highest BCUT2D eigenvalue weighted by Crippen LogP contribution is 2.29. The summed E-state index contributed by atoms with van der Waals surface area (Å²) in [6, 6.07) is 6.73. The van der Waals surface area contributed by atoms with Gasteiger partial charge in [0.15, 0.2) is 0 Å². The standard InChI is InChI=1S/C17H16BrN3/c1-10-16(18)11(2)21-9-15(20-17(21)19-10)14-7-6-12-4-3-5-13(12)8-14/h6-9H,3-5H2,1-2H3. The highest BCUT2D eigenvalue weighted by molar-refractivity contribution is 9.10. The van der Waals surface area contributed by atoms with Gasteiger partial charge >= 0.3 is 0 Å². The van der Waals surface area contributed by atoms with Crippen molar-refractivity contribution < 1.29 is 0 Å². The van der Waals surface area contributed by atoms with Crippen LogP contribution in [-0.2, 0) is 12.8 Å². The van der Waals surface area contributed by atoms with Gasteiger partial charge in [-0.3, -0.25) is 4.40 Å². The quantitative estimate of drug-likeness (QED) is 0.661. The number of nitrogens with zero attached hydrogens (tertiary/aromatic N) is 3. The average Bonchev–Trinajstić information content (AvgIpc) is 3.10. The molecule has 0 spiro atoms. The lowest BCUT2D eigenvalue weighted by Crippen LogP contribution is -1.97. The van der Waals surface area contributed by atoms with Gasteiger partial charge in [-0.1, -0.05) is 12.1 Å². The normalized spacial score (nSPS) is 13.9. The average molecular weight is 342 g/mol. The molecule has 21 heavy (non-hydrogen) atoms. The van der Waals surface area contributed by atoms with E-state index in [1.54, 1.807) is 0 Å². The summed E-state index contributed by atoms with van der Waals surface area (Å²) in [5.74, 6) is 0.767. The van der Waals surface area contributed by atoms with E-state index in [1.807, 2.05) is 6.92 Å². The van der Waals surface area contributed by atoms with Crippen molar-refractivity contribution in [3.05, 3.63) is 51.4 Å². The fourth-order valence-electron chi connectivity index (χ4n) is 3.13. The zero-order chi connectivity index (χ0) is 14.6. The summed E-state index contributed by atoms with van der Waals surface area (Å²) in [7, 11) is 0. The van der Waals surface area contributed by atoms with Gasteiger partial charge in [0.25, 0.3) is 0 Å². The van der Waals surface area contributed by atoms with Crippen molar-refractivity contribution >= 4 is 21.7 Å². The van der Waals surface area contributed by atoms with Crippen LogP contribution in [0.25, 0.3) is 17.0 Å². The summed E-state index contributed by atoms with van der Waals surface area (Å²) >= 11 is 3.60. The largest absolute Gasteiger partial charge is 0.287 e. The van der Waals surface area contributed by atoms with Gasteiger partial charge in [0.1, 0.15) is 0 Å². The topological polar surface area (TPSA) is 30.2 Å². The lowest BCUT2D eigenvalue weighted by atomic mass is 10.0. The number of hydrogen-bond acceptors (Lipinski definition) is 2. The molecule has 0 saturated heterocycles. The predicted octanol–water partition coefficient (Wildman–Crippen LogP) is 4.26. The minimum Gasteiger partial charge on any atom is -0.287 e. The molecule has 0 radical (unpaired) electrons. The Hall–Kier alpha value is -1.68. The highest BCUT2D eigenvalue weighted by Gasteiger charge is 2.14. The van der Waals surface area contributed by atoms with E-state index >= 15 is 0 Å². The van der Waals surface area contributed by atoms with Crippen LogP contribution in [0.1, 0.15) is 28.9 Å². The van der Waals surface area contributed by atoms with Crippen molar-refractivity contribution in [3.8, 4) is 11.3 Å². The Kier molecular flexibility index (Phi) is 2.89. The van der Waals surface area contributed by atoms with Crippen LogP contribution >= 0.6 is 15.9 Å². The van der Waals surface area contributed by atoms with E-state index in [9.17, 15) is 0 Å². The van der Waals surface area contributed by atoms with E-state index < -0.39 is 0 Å². The van der Waals surface area contributed by atoms with Gasteiger partial charge in [0.05, 0.1) is 15.9 Å². The van der Waals surface area contributed by atoms with Crippen LogP contribution in [0.2, 0.25) is 0 Å². The predicted molar refractivity (Wildman–Crippen MR) is 87.6 cm³/mol. The molecule has 2 aromatic heterocycles. The number of aryl methyl sites for hydroxylation is 4. The minimum absolute atomic E-state index is 0.767. The third-order valence-electron chi connectivity index (χ3n) is 4.35. The van der Waals surface area contributed by atoms with Crippen LogP contribution in [0.3, 0.4) is 0 Å². The lowest BCUT2D eigenvalue weighted by Gasteiger charge is -2.04. The summed E-state index contributed by atoms with van der Waals surface area (Å²) in [4.78, 5) is 9.26. The Morgan fingerprint density at radius 1 is 1.10 bits per heavy atom. The van der Waals surface area contributed by atoms with Crippen molar-refractivity contribution in [1.82, 2.24) is 14.4 Å². The molecule has 1 aromatic carbocycles. The summed E-state index contributed by atoms with van der Waals surface area (Å²) in [5, 5.41) is 0. The molecule has 2 heterocycles. The molecule has 1 aliphatic carbocycles. The highest BCUT2D eigenvalue weighted by atomic mass is 79.9. The van der Waals surface area contributed by atoms with E-state index in [-0.39, 0.29) is 0 Å². The van der Waals surface area contributed by atoms with Crippen molar-refractivity contribution in [2.45, 2.75) is 33.1 Å². The maximum Gasteiger partial charge on any atom is 0.234 e. The van der Waals surface area contributed by atoms with Gasteiger partial charge in [0.2, 0.25) is 5.78 Å². The van der Waals surface area contributed by atoms with Gasteiger partial charge in [-0.2, -0.15) is 0 Å². The number of rotatable bonds is 1. The third-order valence-corrected chi connectivity index (χ3v) is 5.49. The summed E-state index contributed by atoms with van der Waals surface area (Å²) in [6.07, 6.45) is 5.77. The molecule has 1 aliphatic rings. The zero-order valence-electron chi connectivity index (χ0n) is 12.2. The SMILES string of the molecule is Cc1nc2nc(-c3ccc4c(c3)CCC4)cn2c(C)c1Br. The summed E-state index contributed by atoms with van der Waals surface area (Å²) < 4.78 is 3.10. The number of fused-ring (bicyclic) bond motifs is 2. The molecule has 0 saturated carbocycles. The van der Waals surface area contributed by atoms with E-state index in [4.69, 9.17) is 4.98 Å². The van der Waals surface area contributed by atoms with Gasteiger partial charge in [-0.05, 0) is 66.2 Å². The molecule has 0 atom stereocenters. The second-order valence-corrected chi connectivity index (χ2v) is 6.52. The Bertz CT molecular complexity index is 864. The first-order valence-electron chi connectivity index (χ1n) is 7.27. The van der Waals surface area contributed by atoms with Crippen molar-refractivity contribution in [3.63, 3.8) is 0 Å². The number of hydrogen-bond donors (Lipinski definition) is 0. The van der Waals surface area contributed by atoms with Crippen LogP contribution < -0.4 is 0 Å². The smallest absolute Gasteiger partial charge is 0.234 e. The van der Waals surface area contributed by atoms with Gasteiger partial charge in [0, 0.05) is 17.5 Å². The Labute approximate surface area is 132 Å². The van der Waals surface area contributed by atoms with Gasteiger partial charge in [-0.25, -0.2) is 9.97 Å².